The fourth-order valence-electron chi connectivity index (χ4n) is 4.32. The van der Waals surface area contributed by atoms with Crippen LogP contribution in [-0.2, 0) is 30.5 Å². The summed E-state index contributed by atoms with van der Waals surface area (Å²) in [7, 11) is 0. The SMILES string of the molecule is C=C(C(=O)Nc1ccn(CCCCc2nnc(C(=O)NCc3cc(C(F)(F)F)ccn3)s2)c(=O)c1F)N1CCCCC1. The number of nitrogens with zero attached hydrogens (tertiary/aromatic N) is 5. The summed E-state index contributed by atoms with van der Waals surface area (Å²) < 4.78 is 54.5. The number of rotatable bonds is 11. The zero-order chi connectivity index (χ0) is 30.3. The highest BCUT2D eigenvalue weighted by atomic mass is 32.1. The molecule has 0 radical (unpaired) electrons. The molecule has 1 saturated heterocycles. The highest BCUT2D eigenvalue weighted by Gasteiger charge is 2.30. The van der Waals surface area contributed by atoms with E-state index in [0.717, 1.165) is 48.9 Å². The maximum Gasteiger partial charge on any atom is 0.416 e. The molecule has 1 fully saturated rings. The van der Waals surface area contributed by atoms with Gasteiger partial charge in [0.15, 0.2) is 0 Å². The summed E-state index contributed by atoms with van der Waals surface area (Å²) in [4.78, 5) is 43.0. The largest absolute Gasteiger partial charge is 0.416 e. The van der Waals surface area contributed by atoms with E-state index in [1.165, 1.54) is 16.8 Å². The van der Waals surface area contributed by atoms with Crippen molar-refractivity contribution in [1.29, 1.82) is 0 Å². The summed E-state index contributed by atoms with van der Waals surface area (Å²) in [6, 6.07) is 3.04. The minimum Gasteiger partial charge on any atom is -0.368 e. The Balaban J connectivity index is 1.23. The van der Waals surface area contributed by atoms with Gasteiger partial charge in [0.05, 0.1) is 29.2 Å². The van der Waals surface area contributed by atoms with Crippen LogP contribution in [0, 0.1) is 5.82 Å². The molecule has 0 saturated carbocycles. The number of piperidine rings is 1. The van der Waals surface area contributed by atoms with Crippen LogP contribution >= 0.6 is 11.3 Å². The number of nitrogens with one attached hydrogen (secondary N) is 2. The van der Waals surface area contributed by atoms with E-state index < -0.39 is 34.9 Å². The number of hydrogen-bond acceptors (Lipinski definition) is 8. The van der Waals surface area contributed by atoms with Crippen molar-refractivity contribution in [3.05, 3.63) is 80.3 Å². The second-order valence-electron chi connectivity index (χ2n) is 9.66. The van der Waals surface area contributed by atoms with Crippen LogP contribution in [0.2, 0.25) is 0 Å². The molecule has 0 bridgehead atoms. The molecule has 0 unspecified atom stereocenters. The fourth-order valence-corrected chi connectivity index (χ4v) is 5.12. The van der Waals surface area contributed by atoms with Gasteiger partial charge in [-0.1, -0.05) is 17.9 Å². The predicted octanol–water partition coefficient (Wildman–Crippen LogP) is 4.14. The summed E-state index contributed by atoms with van der Waals surface area (Å²) in [5.41, 5.74) is -1.64. The van der Waals surface area contributed by atoms with Crippen molar-refractivity contribution >= 4 is 28.8 Å². The van der Waals surface area contributed by atoms with Gasteiger partial charge in [-0.05, 0) is 50.3 Å². The van der Waals surface area contributed by atoms with Crippen molar-refractivity contribution in [2.75, 3.05) is 18.4 Å². The van der Waals surface area contributed by atoms with Crippen molar-refractivity contribution in [2.45, 2.75) is 57.8 Å². The van der Waals surface area contributed by atoms with E-state index in [1.54, 1.807) is 0 Å². The third-order valence-electron chi connectivity index (χ3n) is 6.63. The van der Waals surface area contributed by atoms with Crippen molar-refractivity contribution < 1.29 is 27.2 Å². The summed E-state index contributed by atoms with van der Waals surface area (Å²) in [6.07, 6.45) is 2.43. The Bertz CT molecular complexity index is 1500. The lowest BCUT2D eigenvalue weighted by atomic mass is 10.1. The minimum atomic E-state index is -4.51. The monoisotopic (exact) mass is 607 g/mol. The number of carbonyl (C=O) groups excluding carboxylic acids is 2. The Morgan fingerprint density at radius 1 is 1.10 bits per heavy atom. The van der Waals surface area contributed by atoms with E-state index in [-0.39, 0.29) is 35.2 Å². The molecule has 4 rings (SSSR count). The van der Waals surface area contributed by atoms with Crippen molar-refractivity contribution in [1.82, 2.24) is 30.0 Å². The molecule has 0 aromatic carbocycles. The molecule has 4 heterocycles. The first-order valence-corrected chi connectivity index (χ1v) is 14.1. The second kappa shape index (κ2) is 13.7. The summed E-state index contributed by atoms with van der Waals surface area (Å²) >= 11 is 1.04. The number of halogens is 4. The van der Waals surface area contributed by atoms with Gasteiger partial charge in [-0.15, -0.1) is 10.2 Å². The quantitative estimate of drug-likeness (QED) is 0.191. The van der Waals surface area contributed by atoms with E-state index in [1.807, 2.05) is 4.90 Å². The summed E-state index contributed by atoms with van der Waals surface area (Å²) in [5.74, 6) is -2.20. The Hall–Kier alpha value is -4.14. The maximum atomic E-state index is 14.7. The molecule has 0 spiro atoms. The first kappa shape index (κ1) is 30.8. The van der Waals surface area contributed by atoms with Gasteiger partial charge in [-0.25, -0.2) is 0 Å². The van der Waals surface area contributed by atoms with Gasteiger partial charge >= 0.3 is 6.18 Å². The van der Waals surface area contributed by atoms with Crippen LogP contribution in [0.3, 0.4) is 0 Å². The molecule has 2 N–H and O–H groups in total. The Kier molecular flexibility index (Phi) is 10.0. The van der Waals surface area contributed by atoms with Crippen molar-refractivity contribution in [2.24, 2.45) is 0 Å². The van der Waals surface area contributed by atoms with Crippen LogP contribution in [0.5, 0.6) is 0 Å². The standard InChI is InChI=1S/C27H29F4N7O3S/c1-17(37-11-4-2-5-12-37)23(39)34-20-9-14-38(26(41)22(20)28)13-6-3-7-21-35-36-25(42-21)24(40)33-16-19-15-18(8-10-32-19)27(29,30)31/h8-10,14-15H,1-7,11-13,16H2,(H,33,40)(H,34,39). The predicted molar refractivity (Wildman–Crippen MR) is 147 cm³/mol. The molecule has 15 heteroatoms. The third kappa shape index (κ3) is 7.99. The topological polar surface area (TPSA) is 122 Å². The number of alkyl halides is 3. The van der Waals surface area contributed by atoms with Crippen molar-refractivity contribution in [3.8, 4) is 0 Å². The maximum absolute atomic E-state index is 14.7. The molecule has 1 aliphatic rings. The van der Waals surface area contributed by atoms with Gasteiger partial charge in [0.25, 0.3) is 17.4 Å². The van der Waals surface area contributed by atoms with Crippen LogP contribution in [0.15, 0.2) is 47.7 Å². The number of amides is 2. The van der Waals surface area contributed by atoms with Gasteiger partial charge in [0.2, 0.25) is 10.8 Å². The third-order valence-corrected chi connectivity index (χ3v) is 7.61. The first-order valence-electron chi connectivity index (χ1n) is 13.3. The van der Waals surface area contributed by atoms with Gasteiger partial charge in [-0.2, -0.15) is 17.6 Å². The minimum absolute atomic E-state index is 0.0490. The van der Waals surface area contributed by atoms with Gasteiger partial charge in [0, 0.05) is 38.4 Å². The molecule has 3 aromatic rings. The lowest BCUT2D eigenvalue weighted by molar-refractivity contribution is -0.137. The Morgan fingerprint density at radius 3 is 2.60 bits per heavy atom. The molecule has 0 aliphatic carbocycles. The van der Waals surface area contributed by atoms with E-state index in [4.69, 9.17) is 0 Å². The molecule has 1 aliphatic heterocycles. The zero-order valence-electron chi connectivity index (χ0n) is 22.5. The molecule has 224 valence electrons. The Morgan fingerprint density at radius 2 is 1.86 bits per heavy atom. The number of aromatic nitrogens is 4. The van der Waals surface area contributed by atoms with E-state index in [2.05, 4.69) is 32.4 Å². The number of hydrogen-bond donors (Lipinski definition) is 2. The van der Waals surface area contributed by atoms with Gasteiger partial charge in [0.1, 0.15) is 5.01 Å². The van der Waals surface area contributed by atoms with Gasteiger partial charge < -0.3 is 20.1 Å². The smallest absolute Gasteiger partial charge is 0.368 e. The van der Waals surface area contributed by atoms with E-state index >= 15 is 0 Å². The molecule has 2 amide bonds. The molecule has 10 nitrogen and oxygen atoms in total. The normalized spacial score (nSPS) is 13.6. The average molecular weight is 608 g/mol. The number of aryl methyl sites for hydroxylation is 2. The Labute approximate surface area is 242 Å². The zero-order valence-corrected chi connectivity index (χ0v) is 23.4. The van der Waals surface area contributed by atoms with Crippen LogP contribution in [0.1, 0.15) is 58.2 Å². The molecular formula is C27H29F4N7O3S. The van der Waals surface area contributed by atoms with E-state index in [0.29, 0.717) is 37.4 Å². The number of pyridine rings is 2. The number of anilines is 1. The summed E-state index contributed by atoms with van der Waals surface area (Å²) in [5, 5.41) is 13.3. The lowest BCUT2D eigenvalue weighted by Gasteiger charge is -2.29. The fraction of sp³-hybridized carbons (Fsp3) is 0.407. The molecule has 0 atom stereocenters. The number of likely N-dealkylation sites (tertiary alicyclic amines) is 1. The highest BCUT2D eigenvalue weighted by molar-refractivity contribution is 7.13. The van der Waals surface area contributed by atoms with Crippen LogP contribution in [-0.4, -0.2) is 49.6 Å². The van der Waals surface area contributed by atoms with Crippen molar-refractivity contribution in [3.63, 3.8) is 0 Å². The van der Waals surface area contributed by atoms with Crippen LogP contribution in [0.4, 0.5) is 23.2 Å². The lowest BCUT2D eigenvalue weighted by Crippen LogP contribution is -2.35. The summed E-state index contributed by atoms with van der Waals surface area (Å²) in [6.45, 7) is 5.24. The molecule has 3 aromatic heterocycles. The molecular weight excluding hydrogens is 578 g/mol. The molecule has 42 heavy (non-hydrogen) atoms. The number of unbranched alkanes of at least 4 members (excludes halogenated alkanes) is 1. The van der Waals surface area contributed by atoms with Gasteiger partial charge in [-0.3, -0.25) is 19.4 Å². The number of carbonyl (C=O) groups is 2. The van der Waals surface area contributed by atoms with Crippen LogP contribution < -0.4 is 16.2 Å². The van der Waals surface area contributed by atoms with Crippen LogP contribution in [0.25, 0.3) is 0 Å². The second-order valence-corrected chi connectivity index (χ2v) is 10.7. The highest BCUT2D eigenvalue weighted by Crippen LogP contribution is 2.29. The first-order chi connectivity index (χ1) is 20.0. The van der Waals surface area contributed by atoms with E-state index in [9.17, 15) is 31.9 Å². The average Bonchev–Trinajstić information content (AvgIpc) is 3.46.